The van der Waals surface area contributed by atoms with Crippen molar-refractivity contribution in [3.05, 3.63) is 70.8 Å². The Morgan fingerprint density at radius 2 is 1.63 bits per heavy atom. The van der Waals surface area contributed by atoms with E-state index in [1.807, 2.05) is 20.8 Å². The predicted molar refractivity (Wildman–Crippen MR) is 117 cm³/mol. The van der Waals surface area contributed by atoms with Crippen LogP contribution in [0.3, 0.4) is 0 Å². The second-order valence-corrected chi connectivity index (χ2v) is 8.08. The summed E-state index contributed by atoms with van der Waals surface area (Å²) >= 11 is 0. The first-order chi connectivity index (χ1) is 14.1. The van der Waals surface area contributed by atoms with Crippen molar-refractivity contribution in [3.63, 3.8) is 0 Å². The Bertz CT molecular complexity index is 739. The monoisotopic (exact) mass is 420 g/mol. The van der Waals surface area contributed by atoms with E-state index < -0.39 is 17.2 Å². The minimum absolute atomic E-state index is 0.349. The van der Waals surface area contributed by atoms with Crippen molar-refractivity contribution >= 4 is 6.09 Å². The van der Waals surface area contributed by atoms with Gasteiger partial charge in [-0.25, -0.2) is 13.6 Å². The molecule has 1 amide bonds. The van der Waals surface area contributed by atoms with Crippen molar-refractivity contribution < 1.29 is 18.3 Å². The highest BCUT2D eigenvalue weighted by molar-refractivity contribution is 5.67. The molecule has 30 heavy (non-hydrogen) atoms. The number of nitrogens with one attached hydrogen (secondary N) is 2. The molecule has 0 aliphatic heterocycles. The summed E-state index contributed by atoms with van der Waals surface area (Å²) in [4.78, 5) is 11.4. The highest BCUT2D eigenvalue weighted by atomic mass is 19.1. The molecule has 0 unspecified atom stereocenters. The largest absolute Gasteiger partial charge is 0.444 e. The molecule has 0 aliphatic rings. The molecule has 4 nitrogen and oxygen atoms in total. The Morgan fingerprint density at radius 3 is 2.20 bits per heavy atom. The molecule has 0 aromatic heterocycles. The van der Waals surface area contributed by atoms with Crippen LogP contribution in [-0.2, 0) is 17.7 Å². The average Bonchev–Trinajstić information content (AvgIpc) is 2.62. The minimum Gasteiger partial charge on any atom is -0.444 e. The van der Waals surface area contributed by atoms with Gasteiger partial charge in [0.05, 0.1) is 0 Å². The summed E-state index contributed by atoms with van der Waals surface area (Å²) in [6.45, 7) is 11.7. The molecule has 0 aliphatic carbocycles. The Morgan fingerprint density at radius 1 is 1.00 bits per heavy atom. The molecule has 6 heteroatoms. The van der Waals surface area contributed by atoms with Gasteiger partial charge in [-0.3, -0.25) is 0 Å². The smallest absolute Gasteiger partial charge is 0.407 e. The zero-order valence-corrected chi connectivity index (χ0v) is 18.6. The van der Waals surface area contributed by atoms with Crippen molar-refractivity contribution in [2.45, 2.75) is 59.6 Å². The molecule has 2 N–H and O–H groups in total. The van der Waals surface area contributed by atoms with Crippen molar-refractivity contribution in [1.29, 1.82) is 0 Å². The summed E-state index contributed by atoms with van der Waals surface area (Å²) in [5.74, 6) is -1.04. The van der Waals surface area contributed by atoms with Crippen LogP contribution in [0.4, 0.5) is 13.6 Å². The maximum Gasteiger partial charge on any atom is 0.407 e. The first-order valence-corrected chi connectivity index (χ1v) is 10.3. The Hall–Kier alpha value is -2.47. The van der Waals surface area contributed by atoms with E-state index in [4.69, 9.17) is 4.74 Å². The molecule has 2 aromatic rings. The van der Waals surface area contributed by atoms with E-state index in [0.29, 0.717) is 12.1 Å². The van der Waals surface area contributed by atoms with Gasteiger partial charge in [0.15, 0.2) is 0 Å². The summed E-state index contributed by atoms with van der Waals surface area (Å²) in [7, 11) is 0. The highest BCUT2D eigenvalue weighted by Crippen LogP contribution is 2.07. The van der Waals surface area contributed by atoms with Crippen LogP contribution in [-0.4, -0.2) is 24.8 Å². The first kappa shape index (κ1) is 25.6. The van der Waals surface area contributed by atoms with E-state index in [2.05, 4.69) is 41.8 Å². The molecule has 0 saturated carbocycles. The molecule has 2 rings (SSSR count). The summed E-state index contributed by atoms with van der Waals surface area (Å²) in [5, 5.41) is 6.14. The van der Waals surface area contributed by atoms with Crippen molar-refractivity contribution in [1.82, 2.24) is 10.6 Å². The molecule has 166 valence electrons. The SMILES string of the molecule is CCc1cccc(CNCCCNC(=O)OC(C)(C)C)c1.Cc1cc(F)cc(F)c1. The van der Waals surface area contributed by atoms with Gasteiger partial charge in [-0.05, 0) is 75.9 Å². The van der Waals surface area contributed by atoms with E-state index >= 15 is 0 Å². The van der Waals surface area contributed by atoms with Gasteiger partial charge < -0.3 is 15.4 Å². The lowest BCUT2D eigenvalue weighted by molar-refractivity contribution is 0.0527. The molecule has 0 saturated heterocycles. The zero-order valence-electron chi connectivity index (χ0n) is 18.6. The van der Waals surface area contributed by atoms with Crippen LogP contribution in [0.15, 0.2) is 42.5 Å². The number of hydrogen-bond donors (Lipinski definition) is 2. The van der Waals surface area contributed by atoms with Gasteiger partial charge in [0.25, 0.3) is 0 Å². The van der Waals surface area contributed by atoms with Crippen molar-refractivity contribution in [3.8, 4) is 0 Å². The molecular formula is C24H34F2N2O2. The topological polar surface area (TPSA) is 50.4 Å². The fourth-order valence-corrected chi connectivity index (χ4v) is 2.60. The van der Waals surface area contributed by atoms with Gasteiger partial charge in [0.1, 0.15) is 17.2 Å². The van der Waals surface area contributed by atoms with Crippen LogP contribution in [0.1, 0.15) is 50.8 Å². The van der Waals surface area contributed by atoms with Crippen LogP contribution >= 0.6 is 0 Å². The number of halogens is 2. The second kappa shape index (κ2) is 13.0. The number of carbonyl (C=O) groups excluding carboxylic acids is 1. The van der Waals surface area contributed by atoms with Gasteiger partial charge in [-0.2, -0.15) is 0 Å². The second-order valence-electron chi connectivity index (χ2n) is 8.08. The van der Waals surface area contributed by atoms with Crippen LogP contribution in [0, 0.1) is 18.6 Å². The molecule has 0 radical (unpaired) electrons. The van der Waals surface area contributed by atoms with Crippen molar-refractivity contribution in [2.75, 3.05) is 13.1 Å². The standard InChI is InChI=1S/C17H28N2O2.C7H6F2/c1-5-14-8-6-9-15(12-14)13-18-10-7-11-19-16(20)21-17(2,3)4;1-5-2-6(8)4-7(9)3-5/h6,8-9,12,18H,5,7,10-11,13H2,1-4H3,(H,19,20);2-4H,1H3. The maximum absolute atomic E-state index is 12.2. The zero-order chi connectivity index (χ0) is 22.6. The van der Waals surface area contributed by atoms with E-state index in [0.717, 1.165) is 32.0 Å². The van der Waals surface area contributed by atoms with Gasteiger partial charge in [-0.15, -0.1) is 0 Å². The van der Waals surface area contributed by atoms with Gasteiger partial charge in [0.2, 0.25) is 0 Å². The lowest BCUT2D eigenvalue weighted by Gasteiger charge is -2.19. The molecular weight excluding hydrogens is 386 g/mol. The summed E-state index contributed by atoms with van der Waals surface area (Å²) in [6, 6.07) is 12.0. The number of carbonyl (C=O) groups is 1. The van der Waals surface area contributed by atoms with Crippen LogP contribution in [0.25, 0.3) is 0 Å². The van der Waals surface area contributed by atoms with Crippen molar-refractivity contribution in [2.24, 2.45) is 0 Å². The van der Waals surface area contributed by atoms with Crippen LogP contribution in [0.5, 0.6) is 0 Å². The quantitative estimate of drug-likeness (QED) is 0.580. The van der Waals surface area contributed by atoms with Gasteiger partial charge in [-0.1, -0.05) is 31.2 Å². The molecule has 2 aromatic carbocycles. The molecule has 0 fully saturated rings. The van der Waals surface area contributed by atoms with E-state index in [1.165, 1.54) is 23.3 Å². The number of amides is 1. The molecule has 0 spiro atoms. The third-order valence-corrected chi connectivity index (χ3v) is 3.93. The highest BCUT2D eigenvalue weighted by Gasteiger charge is 2.15. The molecule has 0 heterocycles. The van der Waals surface area contributed by atoms with E-state index in [-0.39, 0.29) is 6.09 Å². The Labute approximate surface area is 179 Å². The molecule has 0 bridgehead atoms. The van der Waals surface area contributed by atoms with E-state index in [9.17, 15) is 13.6 Å². The molecule has 0 atom stereocenters. The number of hydrogen-bond acceptors (Lipinski definition) is 3. The maximum atomic E-state index is 12.2. The lowest BCUT2D eigenvalue weighted by atomic mass is 10.1. The number of aryl methyl sites for hydroxylation is 2. The number of alkyl carbamates (subject to hydrolysis) is 1. The third-order valence-electron chi connectivity index (χ3n) is 3.93. The lowest BCUT2D eigenvalue weighted by Crippen LogP contribution is -2.33. The summed E-state index contributed by atoms with van der Waals surface area (Å²) in [5.41, 5.74) is 2.83. The fraction of sp³-hybridized carbons (Fsp3) is 0.458. The summed E-state index contributed by atoms with van der Waals surface area (Å²) < 4.78 is 29.5. The normalized spacial score (nSPS) is 10.8. The fourth-order valence-electron chi connectivity index (χ4n) is 2.60. The van der Waals surface area contributed by atoms with E-state index in [1.54, 1.807) is 6.92 Å². The first-order valence-electron chi connectivity index (χ1n) is 10.3. The van der Waals surface area contributed by atoms with Gasteiger partial charge >= 0.3 is 6.09 Å². The van der Waals surface area contributed by atoms with Gasteiger partial charge in [0, 0.05) is 19.2 Å². The number of rotatable bonds is 7. The minimum atomic E-state index is -0.521. The predicted octanol–water partition coefficient (Wildman–Crippen LogP) is 5.53. The Balaban J connectivity index is 0.000000414. The number of benzene rings is 2. The van der Waals surface area contributed by atoms with Crippen LogP contribution in [0.2, 0.25) is 0 Å². The van der Waals surface area contributed by atoms with Crippen LogP contribution < -0.4 is 10.6 Å². The number of ether oxygens (including phenoxy) is 1. The summed E-state index contributed by atoms with van der Waals surface area (Å²) in [6.07, 6.45) is 1.60. The third kappa shape index (κ3) is 12.2. The Kier molecular flexibility index (Phi) is 11.0. The average molecular weight is 421 g/mol.